The second-order valence-corrected chi connectivity index (χ2v) is 6.85. The molecule has 4 aliphatic heterocycles. The normalized spacial score (nSPS) is 58.3. The highest BCUT2D eigenvalue weighted by Crippen LogP contribution is 2.58. The molecule has 4 heteroatoms. The van der Waals surface area contributed by atoms with Gasteiger partial charge in [0, 0.05) is 31.0 Å². The number of nitrogens with zero attached hydrogens (tertiary/aromatic N) is 1. The molecule has 4 bridgehead atoms. The monoisotopic (exact) mass is 252 g/mol. The van der Waals surface area contributed by atoms with Crippen molar-refractivity contribution in [2.75, 3.05) is 26.2 Å². The van der Waals surface area contributed by atoms with E-state index >= 15 is 0 Å². The van der Waals surface area contributed by atoms with E-state index < -0.39 is 5.60 Å². The van der Waals surface area contributed by atoms with Gasteiger partial charge in [-0.3, -0.25) is 0 Å². The lowest BCUT2D eigenvalue weighted by molar-refractivity contribution is -0.161. The van der Waals surface area contributed by atoms with Crippen LogP contribution in [0.2, 0.25) is 0 Å². The molecule has 0 radical (unpaired) electrons. The lowest BCUT2D eigenvalue weighted by Gasteiger charge is -2.53. The van der Waals surface area contributed by atoms with Crippen LogP contribution in [-0.4, -0.2) is 54.0 Å². The first-order chi connectivity index (χ1) is 8.68. The minimum atomic E-state index is -0.575. The summed E-state index contributed by atoms with van der Waals surface area (Å²) in [6.45, 7) is 3.84. The van der Waals surface area contributed by atoms with Crippen LogP contribution in [0.15, 0.2) is 0 Å². The molecule has 3 N–H and O–H groups in total. The summed E-state index contributed by atoms with van der Waals surface area (Å²) >= 11 is 0. The minimum Gasteiger partial charge on any atom is -0.389 e. The standard InChI is InChI=1S/C14H24N2O2/c15-9-13(7-11-1-2-12(13)18-11)14(17)4-6-16-5-3-10(14)8-16/h10-12,17H,1-9,15H2. The van der Waals surface area contributed by atoms with E-state index in [1.165, 1.54) is 6.42 Å². The topological polar surface area (TPSA) is 58.7 Å². The summed E-state index contributed by atoms with van der Waals surface area (Å²) in [7, 11) is 0. The number of fused-ring (bicyclic) bond motifs is 4. The molecular weight excluding hydrogens is 228 g/mol. The van der Waals surface area contributed by atoms with Gasteiger partial charge in [0.2, 0.25) is 0 Å². The number of hydrogen-bond acceptors (Lipinski definition) is 4. The maximum Gasteiger partial charge on any atom is 0.0794 e. The van der Waals surface area contributed by atoms with Gasteiger partial charge in [-0.2, -0.15) is 0 Å². The van der Waals surface area contributed by atoms with Crippen LogP contribution in [0.1, 0.15) is 32.1 Å². The molecule has 0 aromatic heterocycles. The Labute approximate surface area is 108 Å². The summed E-state index contributed by atoms with van der Waals surface area (Å²) in [6, 6.07) is 0. The third-order valence-corrected chi connectivity index (χ3v) is 6.30. The Hall–Kier alpha value is -0.160. The van der Waals surface area contributed by atoms with E-state index in [4.69, 9.17) is 10.5 Å². The van der Waals surface area contributed by atoms with Crippen molar-refractivity contribution < 1.29 is 9.84 Å². The molecule has 102 valence electrons. The van der Waals surface area contributed by atoms with Gasteiger partial charge >= 0.3 is 0 Å². The third kappa shape index (κ3) is 1.25. The van der Waals surface area contributed by atoms with Gasteiger partial charge in [0.25, 0.3) is 0 Å². The van der Waals surface area contributed by atoms with Crippen molar-refractivity contribution in [3.05, 3.63) is 0 Å². The first-order valence-electron chi connectivity index (χ1n) is 7.48. The Balaban J connectivity index is 1.71. The number of ether oxygens (including phenoxy) is 1. The highest BCUT2D eigenvalue weighted by atomic mass is 16.5. The van der Waals surface area contributed by atoms with Crippen molar-refractivity contribution in [1.82, 2.24) is 4.90 Å². The van der Waals surface area contributed by atoms with Crippen LogP contribution in [0, 0.1) is 11.3 Å². The molecule has 0 amide bonds. The van der Waals surface area contributed by atoms with Crippen LogP contribution in [0.3, 0.4) is 0 Å². The van der Waals surface area contributed by atoms with Gasteiger partial charge in [-0.05, 0) is 38.6 Å². The molecule has 4 fully saturated rings. The summed E-state index contributed by atoms with van der Waals surface area (Å²) in [4.78, 5) is 2.48. The zero-order valence-electron chi connectivity index (χ0n) is 11.0. The summed E-state index contributed by atoms with van der Waals surface area (Å²) in [5.74, 6) is 0.415. The van der Waals surface area contributed by atoms with E-state index in [1.807, 2.05) is 0 Å². The smallest absolute Gasteiger partial charge is 0.0794 e. The second-order valence-electron chi connectivity index (χ2n) is 6.85. The molecule has 4 nitrogen and oxygen atoms in total. The first-order valence-corrected chi connectivity index (χ1v) is 7.48. The number of nitrogens with two attached hydrogens (primary N) is 1. The van der Waals surface area contributed by atoms with Crippen LogP contribution >= 0.6 is 0 Å². The van der Waals surface area contributed by atoms with Crippen molar-refractivity contribution in [2.24, 2.45) is 17.1 Å². The van der Waals surface area contributed by atoms with Crippen molar-refractivity contribution >= 4 is 0 Å². The highest BCUT2D eigenvalue weighted by molar-refractivity contribution is 5.16. The number of rotatable bonds is 2. The fourth-order valence-electron chi connectivity index (χ4n) is 5.26. The van der Waals surface area contributed by atoms with E-state index in [0.29, 0.717) is 18.6 Å². The molecule has 6 atom stereocenters. The molecule has 4 aliphatic rings. The summed E-state index contributed by atoms with van der Waals surface area (Å²) in [5, 5.41) is 11.4. The number of piperidine rings is 1. The fraction of sp³-hybridized carbons (Fsp3) is 1.00. The Bertz CT molecular complexity index is 364. The third-order valence-electron chi connectivity index (χ3n) is 6.30. The van der Waals surface area contributed by atoms with Crippen molar-refractivity contribution in [1.29, 1.82) is 0 Å². The zero-order chi connectivity index (χ0) is 12.4. The summed E-state index contributed by atoms with van der Waals surface area (Å²) in [6.07, 6.45) is 5.85. The van der Waals surface area contributed by atoms with Gasteiger partial charge in [-0.1, -0.05) is 0 Å². The molecular formula is C14H24N2O2. The molecule has 4 saturated heterocycles. The number of hydrogen-bond donors (Lipinski definition) is 2. The molecule has 4 rings (SSSR count). The van der Waals surface area contributed by atoms with Crippen LogP contribution in [0.25, 0.3) is 0 Å². The van der Waals surface area contributed by atoms with E-state index in [-0.39, 0.29) is 11.5 Å². The van der Waals surface area contributed by atoms with Crippen molar-refractivity contribution in [2.45, 2.75) is 49.9 Å². The van der Waals surface area contributed by atoms with Gasteiger partial charge in [-0.15, -0.1) is 0 Å². The molecule has 0 spiro atoms. The lowest BCUT2D eigenvalue weighted by Crippen LogP contribution is -2.64. The van der Waals surface area contributed by atoms with Gasteiger partial charge in [0.15, 0.2) is 0 Å². The summed E-state index contributed by atoms with van der Waals surface area (Å²) in [5.41, 5.74) is 5.42. The quantitative estimate of drug-likeness (QED) is 0.744. The molecule has 18 heavy (non-hydrogen) atoms. The van der Waals surface area contributed by atoms with Crippen LogP contribution in [0.5, 0.6) is 0 Å². The molecule has 0 aliphatic carbocycles. The maximum atomic E-state index is 11.4. The van der Waals surface area contributed by atoms with E-state index in [9.17, 15) is 5.11 Å². The first kappa shape index (κ1) is 11.6. The molecule has 0 aromatic rings. The largest absolute Gasteiger partial charge is 0.389 e. The van der Waals surface area contributed by atoms with Gasteiger partial charge in [0.1, 0.15) is 0 Å². The zero-order valence-corrected chi connectivity index (χ0v) is 11.0. The SMILES string of the molecule is NCC1(C2(O)CCN3CCC2C3)CC2CCC1O2. The Kier molecular flexibility index (Phi) is 2.39. The molecule has 0 saturated carbocycles. The Morgan fingerprint density at radius 3 is 2.83 bits per heavy atom. The van der Waals surface area contributed by atoms with E-state index in [1.54, 1.807) is 0 Å². The number of aliphatic hydroxyl groups is 1. The van der Waals surface area contributed by atoms with Gasteiger partial charge < -0.3 is 20.5 Å². The Morgan fingerprint density at radius 2 is 2.17 bits per heavy atom. The highest BCUT2D eigenvalue weighted by Gasteiger charge is 2.65. The average Bonchev–Trinajstić information content (AvgIpc) is 3.09. The van der Waals surface area contributed by atoms with Crippen LogP contribution in [-0.2, 0) is 4.74 Å². The van der Waals surface area contributed by atoms with Crippen LogP contribution < -0.4 is 5.73 Å². The fourth-order valence-corrected chi connectivity index (χ4v) is 5.26. The van der Waals surface area contributed by atoms with Crippen molar-refractivity contribution in [3.8, 4) is 0 Å². The van der Waals surface area contributed by atoms with Crippen molar-refractivity contribution in [3.63, 3.8) is 0 Å². The average molecular weight is 252 g/mol. The lowest BCUT2D eigenvalue weighted by atomic mass is 9.57. The molecule has 4 heterocycles. The van der Waals surface area contributed by atoms with E-state index in [2.05, 4.69) is 4.90 Å². The molecule has 0 aromatic carbocycles. The Morgan fingerprint density at radius 1 is 1.28 bits per heavy atom. The summed E-state index contributed by atoms with van der Waals surface area (Å²) < 4.78 is 6.05. The minimum absolute atomic E-state index is 0.156. The maximum absolute atomic E-state index is 11.4. The second kappa shape index (κ2) is 3.69. The van der Waals surface area contributed by atoms with E-state index in [0.717, 1.165) is 45.3 Å². The predicted octanol–water partition coefficient (Wildman–Crippen LogP) is 0.339. The van der Waals surface area contributed by atoms with Gasteiger partial charge in [-0.25, -0.2) is 0 Å². The van der Waals surface area contributed by atoms with Crippen LogP contribution in [0.4, 0.5) is 0 Å². The molecule has 6 unspecified atom stereocenters. The van der Waals surface area contributed by atoms with Gasteiger partial charge in [0.05, 0.1) is 17.8 Å². The predicted molar refractivity (Wildman–Crippen MR) is 68.1 cm³/mol.